The first-order valence-corrected chi connectivity index (χ1v) is 6.20. The third-order valence-electron chi connectivity index (χ3n) is 3.13. The average Bonchev–Trinajstić information content (AvgIpc) is 2.40. The van der Waals surface area contributed by atoms with Gasteiger partial charge in [-0.3, -0.25) is 4.79 Å². The molecule has 2 rings (SSSR count). The van der Waals surface area contributed by atoms with Gasteiger partial charge in [-0.2, -0.15) is 0 Å². The second kappa shape index (κ2) is 5.14. The highest BCUT2D eigenvalue weighted by Crippen LogP contribution is 2.20. The van der Waals surface area contributed by atoms with Gasteiger partial charge in [-0.15, -0.1) is 0 Å². The van der Waals surface area contributed by atoms with E-state index in [1.165, 1.54) is 0 Å². The van der Waals surface area contributed by atoms with Crippen LogP contribution in [-0.2, 0) is 0 Å². The highest BCUT2D eigenvalue weighted by molar-refractivity contribution is 6.09. The van der Waals surface area contributed by atoms with E-state index in [2.05, 4.69) is 0 Å². The molecule has 0 aliphatic rings. The fraction of sp³-hybridized carbons (Fsp3) is 0.188. The van der Waals surface area contributed by atoms with E-state index >= 15 is 0 Å². The van der Waals surface area contributed by atoms with Crippen LogP contribution in [0.25, 0.3) is 0 Å². The van der Waals surface area contributed by atoms with E-state index in [-0.39, 0.29) is 5.91 Å². The number of aryl methyl sites for hydroxylation is 2. The Morgan fingerprint density at radius 1 is 1.05 bits per heavy atom. The number of hydrogen-bond acceptors (Lipinski definition) is 2. The predicted molar refractivity (Wildman–Crippen MR) is 79.5 cm³/mol. The molecule has 3 heteroatoms. The van der Waals surface area contributed by atoms with Gasteiger partial charge in [0, 0.05) is 18.4 Å². The topological polar surface area (TPSA) is 46.3 Å². The monoisotopic (exact) mass is 254 g/mol. The van der Waals surface area contributed by atoms with E-state index in [4.69, 9.17) is 5.73 Å². The van der Waals surface area contributed by atoms with Gasteiger partial charge in [0.05, 0.1) is 5.56 Å². The van der Waals surface area contributed by atoms with Crippen LogP contribution in [0.3, 0.4) is 0 Å². The Kier molecular flexibility index (Phi) is 3.56. The molecule has 0 unspecified atom stereocenters. The molecule has 3 nitrogen and oxygen atoms in total. The van der Waals surface area contributed by atoms with Crippen LogP contribution in [0.1, 0.15) is 21.5 Å². The number of nitrogen functional groups attached to an aromatic ring is 1. The molecule has 0 heterocycles. The summed E-state index contributed by atoms with van der Waals surface area (Å²) in [5, 5.41) is 0. The third-order valence-corrected chi connectivity index (χ3v) is 3.13. The fourth-order valence-electron chi connectivity index (χ4n) is 1.99. The zero-order valence-corrected chi connectivity index (χ0v) is 11.5. The molecule has 0 saturated carbocycles. The highest BCUT2D eigenvalue weighted by atomic mass is 16.2. The van der Waals surface area contributed by atoms with Gasteiger partial charge in [-0.25, -0.2) is 0 Å². The molecule has 0 aliphatic heterocycles. The largest absolute Gasteiger partial charge is 0.398 e. The number of anilines is 2. The summed E-state index contributed by atoms with van der Waals surface area (Å²) in [5.41, 5.74) is 9.95. The van der Waals surface area contributed by atoms with Crippen LogP contribution in [0.2, 0.25) is 0 Å². The molecular formula is C16H18N2O. The lowest BCUT2D eigenvalue weighted by molar-refractivity contribution is 0.0994. The second-order valence-corrected chi connectivity index (χ2v) is 4.79. The fourth-order valence-corrected chi connectivity index (χ4v) is 1.99. The summed E-state index contributed by atoms with van der Waals surface area (Å²) < 4.78 is 0. The summed E-state index contributed by atoms with van der Waals surface area (Å²) in [6, 6.07) is 13.3. The molecule has 0 fully saturated rings. The van der Waals surface area contributed by atoms with Gasteiger partial charge in [0.25, 0.3) is 5.91 Å². The van der Waals surface area contributed by atoms with Crippen molar-refractivity contribution in [3.8, 4) is 0 Å². The standard InChI is InChI=1S/C16H18N2O/c1-11-5-4-6-13(9-11)18(3)16(19)14-10-12(2)7-8-15(14)17/h4-10H,17H2,1-3H3. The van der Waals surface area contributed by atoms with Crippen molar-refractivity contribution in [2.75, 3.05) is 17.7 Å². The number of amides is 1. The Bertz CT molecular complexity index is 620. The van der Waals surface area contributed by atoms with Crippen LogP contribution in [0.5, 0.6) is 0 Å². The highest BCUT2D eigenvalue weighted by Gasteiger charge is 2.16. The van der Waals surface area contributed by atoms with Crippen molar-refractivity contribution in [3.05, 3.63) is 59.2 Å². The van der Waals surface area contributed by atoms with Crippen molar-refractivity contribution < 1.29 is 4.79 Å². The number of rotatable bonds is 2. The van der Waals surface area contributed by atoms with Crippen LogP contribution < -0.4 is 10.6 Å². The zero-order valence-electron chi connectivity index (χ0n) is 11.5. The van der Waals surface area contributed by atoms with Crippen LogP contribution in [-0.4, -0.2) is 13.0 Å². The van der Waals surface area contributed by atoms with Gasteiger partial charge in [-0.1, -0.05) is 23.8 Å². The quantitative estimate of drug-likeness (QED) is 0.837. The second-order valence-electron chi connectivity index (χ2n) is 4.79. The first-order chi connectivity index (χ1) is 8.99. The van der Waals surface area contributed by atoms with Gasteiger partial charge >= 0.3 is 0 Å². The van der Waals surface area contributed by atoms with E-state index in [1.54, 1.807) is 18.0 Å². The number of nitrogens with two attached hydrogens (primary N) is 1. The molecule has 2 aromatic carbocycles. The summed E-state index contributed by atoms with van der Waals surface area (Å²) in [7, 11) is 1.76. The van der Waals surface area contributed by atoms with E-state index < -0.39 is 0 Å². The lowest BCUT2D eigenvalue weighted by atomic mass is 10.1. The summed E-state index contributed by atoms with van der Waals surface area (Å²) in [6.45, 7) is 3.95. The maximum Gasteiger partial charge on any atom is 0.260 e. The Morgan fingerprint density at radius 3 is 2.42 bits per heavy atom. The third kappa shape index (κ3) is 2.76. The van der Waals surface area contributed by atoms with Crippen molar-refractivity contribution in [1.82, 2.24) is 0 Å². The Labute approximate surface area is 113 Å². The molecule has 2 N–H and O–H groups in total. The minimum atomic E-state index is -0.0909. The van der Waals surface area contributed by atoms with Crippen LogP contribution >= 0.6 is 0 Å². The van der Waals surface area contributed by atoms with E-state index in [0.717, 1.165) is 16.8 Å². The smallest absolute Gasteiger partial charge is 0.260 e. The minimum absolute atomic E-state index is 0.0909. The Balaban J connectivity index is 2.36. The molecule has 0 radical (unpaired) electrons. The van der Waals surface area contributed by atoms with Gasteiger partial charge in [0.2, 0.25) is 0 Å². The van der Waals surface area contributed by atoms with E-state index in [1.807, 2.05) is 50.2 Å². The van der Waals surface area contributed by atoms with Crippen molar-refractivity contribution in [2.45, 2.75) is 13.8 Å². The molecule has 0 saturated heterocycles. The van der Waals surface area contributed by atoms with Gasteiger partial charge in [-0.05, 0) is 43.7 Å². The number of carbonyl (C=O) groups excluding carboxylic acids is 1. The summed E-state index contributed by atoms with van der Waals surface area (Å²) >= 11 is 0. The molecule has 0 aliphatic carbocycles. The minimum Gasteiger partial charge on any atom is -0.398 e. The first kappa shape index (κ1) is 13.1. The predicted octanol–water partition coefficient (Wildman–Crippen LogP) is 3.16. The maximum absolute atomic E-state index is 12.5. The van der Waals surface area contributed by atoms with Crippen molar-refractivity contribution in [1.29, 1.82) is 0 Å². The Morgan fingerprint density at radius 2 is 1.74 bits per heavy atom. The van der Waals surface area contributed by atoms with Crippen molar-refractivity contribution >= 4 is 17.3 Å². The molecule has 2 aromatic rings. The summed E-state index contributed by atoms with van der Waals surface area (Å²) in [6.07, 6.45) is 0. The van der Waals surface area contributed by atoms with Crippen LogP contribution in [0.4, 0.5) is 11.4 Å². The molecule has 19 heavy (non-hydrogen) atoms. The molecule has 98 valence electrons. The SMILES string of the molecule is Cc1cccc(N(C)C(=O)c2cc(C)ccc2N)c1. The first-order valence-electron chi connectivity index (χ1n) is 6.20. The number of nitrogens with zero attached hydrogens (tertiary/aromatic N) is 1. The lowest BCUT2D eigenvalue weighted by Crippen LogP contribution is -2.27. The molecular weight excluding hydrogens is 236 g/mol. The van der Waals surface area contributed by atoms with Crippen molar-refractivity contribution in [2.24, 2.45) is 0 Å². The molecule has 0 atom stereocenters. The van der Waals surface area contributed by atoms with Gasteiger partial charge in [0.1, 0.15) is 0 Å². The number of carbonyl (C=O) groups is 1. The zero-order chi connectivity index (χ0) is 14.0. The van der Waals surface area contributed by atoms with Crippen LogP contribution in [0, 0.1) is 13.8 Å². The van der Waals surface area contributed by atoms with Gasteiger partial charge in [0.15, 0.2) is 0 Å². The molecule has 1 amide bonds. The molecule has 0 bridgehead atoms. The average molecular weight is 254 g/mol. The summed E-state index contributed by atoms with van der Waals surface area (Å²) in [4.78, 5) is 14.1. The normalized spacial score (nSPS) is 10.3. The number of hydrogen-bond donors (Lipinski definition) is 1. The van der Waals surface area contributed by atoms with Gasteiger partial charge < -0.3 is 10.6 Å². The van der Waals surface area contributed by atoms with E-state index in [9.17, 15) is 4.79 Å². The Hall–Kier alpha value is -2.29. The molecule has 0 aromatic heterocycles. The molecule has 0 spiro atoms. The lowest BCUT2D eigenvalue weighted by Gasteiger charge is -2.19. The maximum atomic E-state index is 12.5. The van der Waals surface area contributed by atoms with Crippen LogP contribution in [0.15, 0.2) is 42.5 Å². The van der Waals surface area contributed by atoms with Crippen molar-refractivity contribution in [3.63, 3.8) is 0 Å². The number of benzene rings is 2. The van der Waals surface area contributed by atoms with E-state index in [0.29, 0.717) is 11.3 Å². The summed E-state index contributed by atoms with van der Waals surface area (Å²) in [5.74, 6) is -0.0909.